The highest BCUT2D eigenvalue weighted by molar-refractivity contribution is 7.99. The van der Waals surface area contributed by atoms with Crippen LogP contribution in [0.15, 0.2) is 52.4 Å². The van der Waals surface area contributed by atoms with Crippen molar-refractivity contribution in [2.75, 3.05) is 5.75 Å². The van der Waals surface area contributed by atoms with E-state index >= 15 is 0 Å². The Labute approximate surface area is 132 Å². The average molecular weight is 312 g/mol. The maximum Gasteiger partial charge on any atom is 0.191 e. The van der Waals surface area contributed by atoms with Gasteiger partial charge in [0.25, 0.3) is 0 Å². The number of hydrogen-bond acceptors (Lipinski definition) is 5. The van der Waals surface area contributed by atoms with Crippen LogP contribution in [-0.2, 0) is 6.54 Å². The van der Waals surface area contributed by atoms with Crippen molar-refractivity contribution in [2.24, 2.45) is 5.92 Å². The Morgan fingerprint density at radius 2 is 2.14 bits per heavy atom. The lowest BCUT2D eigenvalue weighted by Crippen LogP contribution is -2.04. The molecule has 0 unspecified atom stereocenters. The van der Waals surface area contributed by atoms with Crippen LogP contribution in [0.2, 0.25) is 0 Å². The number of aromatic nitrogens is 4. The molecule has 3 aromatic rings. The number of hydrogen-bond donors (Lipinski definition) is 0. The van der Waals surface area contributed by atoms with Gasteiger partial charge in [-0.1, -0.05) is 17.8 Å². The van der Waals surface area contributed by atoms with Crippen LogP contribution >= 0.6 is 11.8 Å². The molecule has 0 spiro atoms. The van der Waals surface area contributed by atoms with Crippen molar-refractivity contribution >= 4 is 11.8 Å². The number of furan rings is 1. The third-order valence-electron chi connectivity index (χ3n) is 3.65. The fourth-order valence-corrected chi connectivity index (χ4v) is 3.38. The Morgan fingerprint density at radius 3 is 2.86 bits per heavy atom. The molecule has 22 heavy (non-hydrogen) atoms. The Kier molecular flexibility index (Phi) is 3.68. The highest BCUT2D eigenvalue weighted by Crippen LogP contribution is 2.35. The monoisotopic (exact) mass is 312 g/mol. The quantitative estimate of drug-likeness (QED) is 0.652. The fourth-order valence-electron chi connectivity index (χ4n) is 2.26. The van der Waals surface area contributed by atoms with Crippen molar-refractivity contribution < 1.29 is 4.42 Å². The third-order valence-corrected chi connectivity index (χ3v) is 4.85. The summed E-state index contributed by atoms with van der Waals surface area (Å²) >= 11 is 1.77. The lowest BCUT2D eigenvalue weighted by Gasteiger charge is -2.08. The summed E-state index contributed by atoms with van der Waals surface area (Å²) in [5.74, 6) is 3.64. The van der Waals surface area contributed by atoms with Gasteiger partial charge in [-0.3, -0.25) is 9.55 Å². The number of pyridine rings is 1. The average Bonchev–Trinajstić information content (AvgIpc) is 3.08. The van der Waals surface area contributed by atoms with Gasteiger partial charge in [-0.25, -0.2) is 0 Å². The molecule has 0 radical (unpaired) electrons. The minimum Gasteiger partial charge on any atom is -0.467 e. The van der Waals surface area contributed by atoms with Gasteiger partial charge in [-0.2, -0.15) is 0 Å². The van der Waals surface area contributed by atoms with Crippen LogP contribution in [0.5, 0.6) is 0 Å². The molecule has 5 nitrogen and oxygen atoms in total. The molecule has 0 aliphatic heterocycles. The Hall–Kier alpha value is -2.08. The van der Waals surface area contributed by atoms with Gasteiger partial charge in [0.05, 0.1) is 12.8 Å². The highest BCUT2D eigenvalue weighted by atomic mass is 32.2. The Bertz CT molecular complexity index is 735. The van der Waals surface area contributed by atoms with Crippen LogP contribution in [0, 0.1) is 5.92 Å². The molecular weight excluding hydrogens is 296 g/mol. The molecule has 1 aliphatic rings. The summed E-state index contributed by atoms with van der Waals surface area (Å²) in [6, 6.07) is 9.69. The van der Waals surface area contributed by atoms with E-state index in [1.165, 1.54) is 12.8 Å². The first-order chi connectivity index (χ1) is 10.9. The first kappa shape index (κ1) is 13.6. The standard InChI is InChI=1S/C16H16N4OS/c1-2-8-17-14(5-1)15-18-19-16(22-11-12-6-7-12)20(15)10-13-4-3-9-21-13/h1-5,8-9,12H,6-7,10-11H2. The zero-order valence-electron chi connectivity index (χ0n) is 12.1. The van der Waals surface area contributed by atoms with Crippen molar-refractivity contribution in [1.82, 2.24) is 19.7 Å². The van der Waals surface area contributed by atoms with Crippen LogP contribution in [0.25, 0.3) is 11.5 Å². The van der Waals surface area contributed by atoms with Crippen molar-refractivity contribution in [3.05, 3.63) is 48.6 Å². The fraction of sp³-hybridized carbons (Fsp3) is 0.312. The zero-order chi connectivity index (χ0) is 14.8. The summed E-state index contributed by atoms with van der Waals surface area (Å²) in [4.78, 5) is 4.40. The van der Waals surface area contributed by atoms with Gasteiger partial charge < -0.3 is 4.42 Å². The summed E-state index contributed by atoms with van der Waals surface area (Å²) in [5.41, 5.74) is 0.833. The summed E-state index contributed by atoms with van der Waals surface area (Å²) in [6.45, 7) is 0.624. The van der Waals surface area contributed by atoms with Crippen LogP contribution in [0.3, 0.4) is 0 Å². The zero-order valence-corrected chi connectivity index (χ0v) is 12.9. The van der Waals surface area contributed by atoms with E-state index in [0.29, 0.717) is 6.54 Å². The smallest absolute Gasteiger partial charge is 0.191 e. The molecule has 0 bridgehead atoms. The SMILES string of the molecule is c1ccc(-c2nnc(SCC3CC3)n2Cc2ccco2)nc1. The van der Waals surface area contributed by atoms with Crippen molar-refractivity contribution in [2.45, 2.75) is 24.5 Å². The molecule has 4 rings (SSSR count). The summed E-state index contributed by atoms with van der Waals surface area (Å²) < 4.78 is 7.58. The van der Waals surface area contributed by atoms with Gasteiger partial charge in [0, 0.05) is 11.9 Å². The molecule has 112 valence electrons. The lowest BCUT2D eigenvalue weighted by atomic mass is 10.3. The molecule has 1 aliphatic carbocycles. The second-order valence-corrected chi connectivity index (χ2v) is 6.43. The molecule has 1 saturated carbocycles. The van der Waals surface area contributed by atoms with Crippen LogP contribution in [0.4, 0.5) is 0 Å². The molecule has 0 amide bonds. The summed E-state index contributed by atoms with van der Waals surface area (Å²) in [7, 11) is 0. The van der Waals surface area contributed by atoms with E-state index in [1.54, 1.807) is 24.2 Å². The van der Waals surface area contributed by atoms with E-state index in [4.69, 9.17) is 4.42 Å². The van der Waals surface area contributed by atoms with Gasteiger partial charge in [-0.15, -0.1) is 10.2 Å². The normalized spacial score (nSPS) is 14.4. The third kappa shape index (κ3) is 2.92. The Balaban J connectivity index is 1.67. The highest BCUT2D eigenvalue weighted by Gasteiger charge is 2.23. The maximum atomic E-state index is 5.48. The van der Waals surface area contributed by atoms with Gasteiger partial charge in [-0.05, 0) is 43.0 Å². The van der Waals surface area contributed by atoms with E-state index < -0.39 is 0 Å². The molecular formula is C16H16N4OS. The van der Waals surface area contributed by atoms with E-state index in [9.17, 15) is 0 Å². The minimum atomic E-state index is 0.624. The van der Waals surface area contributed by atoms with Crippen LogP contribution in [-0.4, -0.2) is 25.5 Å². The molecule has 6 heteroatoms. The lowest BCUT2D eigenvalue weighted by molar-refractivity contribution is 0.485. The van der Waals surface area contributed by atoms with Crippen molar-refractivity contribution in [3.8, 4) is 11.5 Å². The van der Waals surface area contributed by atoms with Gasteiger partial charge in [0.1, 0.15) is 11.5 Å². The van der Waals surface area contributed by atoms with E-state index in [0.717, 1.165) is 34.1 Å². The predicted molar refractivity (Wildman–Crippen MR) is 84.5 cm³/mol. The molecule has 1 fully saturated rings. The number of rotatable bonds is 6. The molecule has 0 N–H and O–H groups in total. The first-order valence-electron chi connectivity index (χ1n) is 7.40. The first-order valence-corrected chi connectivity index (χ1v) is 8.38. The van der Waals surface area contributed by atoms with Crippen molar-refractivity contribution in [1.29, 1.82) is 0 Å². The second-order valence-electron chi connectivity index (χ2n) is 5.44. The number of thioether (sulfide) groups is 1. The van der Waals surface area contributed by atoms with Gasteiger partial charge in [0.15, 0.2) is 11.0 Å². The van der Waals surface area contributed by atoms with E-state index in [1.807, 2.05) is 30.3 Å². The van der Waals surface area contributed by atoms with E-state index in [-0.39, 0.29) is 0 Å². The molecule has 0 atom stereocenters. The number of nitrogens with zero attached hydrogens (tertiary/aromatic N) is 4. The molecule has 3 aromatic heterocycles. The van der Waals surface area contributed by atoms with E-state index in [2.05, 4.69) is 19.7 Å². The summed E-state index contributed by atoms with van der Waals surface area (Å²) in [6.07, 6.45) is 6.15. The topological polar surface area (TPSA) is 56.7 Å². The maximum absolute atomic E-state index is 5.48. The van der Waals surface area contributed by atoms with Crippen LogP contribution < -0.4 is 0 Å². The predicted octanol–water partition coefficient (Wildman–Crippen LogP) is 3.48. The van der Waals surface area contributed by atoms with Crippen LogP contribution in [0.1, 0.15) is 18.6 Å². The molecule has 0 aromatic carbocycles. The molecule has 3 heterocycles. The van der Waals surface area contributed by atoms with Gasteiger partial charge >= 0.3 is 0 Å². The summed E-state index contributed by atoms with van der Waals surface area (Å²) in [5, 5.41) is 9.65. The minimum absolute atomic E-state index is 0.624. The Morgan fingerprint density at radius 1 is 1.18 bits per heavy atom. The van der Waals surface area contributed by atoms with Crippen molar-refractivity contribution in [3.63, 3.8) is 0 Å². The van der Waals surface area contributed by atoms with Gasteiger partial charge in [0.2, 0.25) is 0 Å². The second kappa shape index (κ2) is 5.96. The molecule has 0 saturated heterocycles. The largest absolute Gasteiger partial charge is 0.467 e.